The number of carbonyl (C=O) groups is 2. The summed E-state index contributed by atoms with van der Waals surface area (Å²) in [4.78, 5) is 38.0. The predicted molar refractivity (Wildman–Crippen MR) is 113 cm³/mol. The van der Waals surface area contributed by atoms with E-state index in [2.05, 4.69) is 41.6 Å². The van der Waals surface area contributed by atoms with Crippen LogP contribution < -0.4 is 4.74 Å². The van der Waals surface area contributed by atoms with Gasteiger partial charge < -0.3 is 14.2 Å². The topological polar surface area (TPSA) is 117 Å². The molecule has 2 aromatic rings. The highest BCUT2D eigenvalue weighted by Gasteiger charge is 2.25. The van der Waals surface area contributed by atoms with Gasteiger partial charge in [0, 0.05) is 17.7 Å². The molecular formula is C19H12Br2N2O7. The molecule has 0 aliphatic carbocycles. The van der Waals surface area contributed by atoms with E-state index < -0.39 is 16.9 Å². The number of nitro groups is 1. The maximum atomic E-state index is 12.2. The van der Waals surface area contributed by atoms with E-state index in [1.54, 1.807) is 18.2 Å². The molecule has 30 heavy (non-hydrogen) atoms. The highest BCUT2D eigenvalue weighted by Crippen LogP contribution is 2.36. The molecule has 154 valence electrons. The van der Waals surface area contributed by atoms with Crippen LogP contribution in [0.25, 0.3) is 6.08 Å². The zero-order chi connectivity index (χ0) is 21.8. The Kier molecular flexibility index (Phi) is 6.63. The normalized spacial score (nSPS) is 14.3. The summed E-state index contributed by atoms with van der Waals surface area (Å²) in [6.07, 6.45) is 1.49. The van der Waals surface area contributed by atoms with Crippen LogP contribution in [0.1, 0.15) is 11.1 Å². The van der Waals surface area contributed by atoms with Gasteiger partial charge in [-0.1, -0.05) is 6.07 Å². The number of carbonyl (C=O) groups excluding carboxylic acids is 2. The van der Waals surface area contributed by atoms with Gasteiger partial charge in [0.25, 0.3) is 5.69 Å². The second-order valence-corrected chi connectivity index (χ2v) is 7.53. The summed E-state index contributed by atoms with van der Waals surface area (Å²) in [7, 11) is 1.26. The van der Waals surface area contributed by atoms with E-state index in [1.807, 2.05) is 0 Å². The number of halogens is 2. The summed E-state index contributed by atoms with van der Waals surface area (Å²) in [5.74, 6) is -0.852. The highest BCUT2D eigenvalue weighted by molar-refractivity contribution is 9.11. The zero-order valence-electron chi connectivity index (χ0n) is 15.3. The fraction of sp³-hybridized carbons (Fsp3) is 0.105. The van der Waals surface area contributed by atoms with Crippen molar-refractivity contribution in [1.29, 1.82) is 0 Å². The molecule has 0 radical (unpaired) electrons. The number of non-ortho nitro benzene ring substituents is 1. The quantitative estimate of drug-likeness (QED) is 0.235. The van der Waals surface area contributed by atoms with Gasteiger partial charge in [-0.2, -0.15) is 0 Å². The Bertz CT molecular complexity index is 1090. The van der Waals surface area contributed by atoms with Crippen molar-refractivity contribution in [3.8, 4) is 5.75 Å². The van der Waals surface area contributed by atoms with E-state index in [4.69, 9.17) is 9.47 Å². The van der Waals surface area contributed by atoms with Gasteiger partial charge in [0.15, 0.2) is 12.3 Å². The third-order valence-electron chi connectivity index (χ3n) is 3.81. The molecule has 1 aliphatic rings. The summed E-state index contributed by atoms with van der Waals surface area (Å²) in [6.45, 7) is -0.267. The molecule has 11 heteroatoms. The number of benzene rings is 2. The van der Waals surface area contributed by atoms with Crippen LogP contribution in [-0.4, -0.2) is 36.5 Å². The van der Waals surface area contributed by atoms with Gasteiger partial charge in [0.05, 0.1) is 21.0 Å². The van der Waals surface area contributed by atoms with Crippen molar-refractivity contribution in [2.45, 2.75) is 0 Å². The molecule has 0 N–H and O–H groups in total. The number of methoxy groups -OCH3 is 1. The molecule has 1 heterocycles. The van der Waals surface area contributed by atoms with E-state index in [1.165, 1.54) is 31.4 Å². The van der Waals surface area contributed by atoms with Crippen LogP contribution in [0.2, 0.25) is 0 Å². The van der Waals surface area contributed by atoms with Gasteiger partial charge in [0.2, 0.25) is 5.90 Å². The van der Waals surface area contributed by atoms with Crippen LogP contribution in [0, 0.1) is 10.1 Å². The molecule has 0 saturated heterocycles. The number of ether oxygens (including phenoxy) is 3. The van der Waals surface area contributed by atoms with Gasteiger partial charge in [-0.3, -0.25) is 10.1 Å². The highest BCUT2D eigenvalue weighted by atomic mass is 79.9. The molecule has 9 nitrogen and oxygen atoms in total. The van der Waals surface area contributed by atoms with Crippen molar-refractivity contribution >= 4 is 61.5 Å². The van der Waals surface area contributed by atoms with Gasteiger partial charge in [-0.05, 0) is 61.7 Å². The van der Waals surface area contributed by atoms with E-state index >= 15 is 0 Å². The van der Waals surface area contributed by atoms with Crippen LogP contribution in [0.15, 0.2) is 56.0 Å². The summed E-state index contributed by atoms with van der Waals surface area (Å²) >= 11 is 6.70. The van der Waals surface area contributed by atoms with Gasteiger partial charge in [0.1, 0.15) is 5.75 Å². The zero-order valence-corrected chi connectivity index (χ0v) is 18.4. The van der Waals surface area contributed by atoms with Crippen molar-refractivity contribution in [2.24, 2.45) is 4.99 Å². The number of hydrogen-bond acceptors (Lipinski definition) is 8. The first-order chi connectivity index (χ1) is 14.3. The van der Waals surface area contributed by atoms with Crippen LogP contribution in [0.3, 0.4) is 0 Å². The van der Waals surface area contributed by atoms with Crippen LogP contribution in [-0.2, 0) is 19.1 Å². The molecule has 0 bridgehead atoms. The van der Waals surface area contributed by atoms with Crippen LogP contribution in [0.4, 0.5) is 5.69 Å². The van der Waals surface area contributed by atoms with Crippen molar-refractivity contribution in [1.82, 2.24) is 0 Å². The molecule has 1 aliphatic heterocycles. The molecule has 0 aromatic heterocycles. The minimum absolute atomic E-state index is 0.0221. The standard InChI is InChI=1S/C19H12Br2N2O7/c1-28-16(24)9-29-17-13(20)5-10(6-14(17)21)7-15-19(25)30-18(22-15)11-3-2-4-12(8-11)23(26)27/h2-8H,9H2,1H3/b15-7-. The Morgan fingerprint density at radius 2 is 1.97 bits per heavy atom. The number of cyclic esters (lactones) is 1. The first kappa shape index (κ1) is 21.7. The maximum absolute atomic E-state index is 12.2. The fourth-order valence-corrected chi connectivity index (χ4v) is 3.88. The number of nitro benzene ring substituents is 1. The molecule has 0 saturated carbocycles. The fourth-order valence-electron chi connectivity index (χ4n) is 2.43. The second-order valence-electron chi connectivity index (χ2n) is 5.82. The van der Waals surface area contributed by atoms with Gasteiger partial charge >= 0.3 is 11.9 Å². The molecule has 0 spiro atoms. The number of rotatable bonds is 6. The van der Waals surface area contributed by atoms with Crippen LogP contribution >= 0.6 is 31.9 Å². The van der Waals surface area contributed by atoms with Gasteiger partial charge in [-0.25, -0.2) is 14.6 Å². The summed E-state index contributed by atoms with van der Waals surface area (Å²) < 4.78 is 16.2. The number of hydrogen-bond donors (Lipinski definition) is 0. The average molecular weight is 540 g/mol. The van der Waals surface area contributed by atoms with E-state index in [0.29, 0.717) is 25.8 Å². The van der Waals surface area contributed by atoms with E-state index in [9.17, 15) is 19.7 Å². The Balaban J connectivity index is 1.87. The Morgan fingerprint density at radius 1 is 1.27 bits per heavy atom. The van der Waals surface area contributed by atoms with E-state index in [-0.39, 0.29) is 23.9 Å². The van der Waals surface area contributed by atoms with Crippen molar-refractivity contribution in [2.75, 3.05) is 13.7 Å². The minimum Gasteiger partial charge on any atom is -0.480 e. The summed E-state index contributed by atoms with van der Waals surface area (Å²) in [5, 5.41) is 10.9. The lowest BCUT2D eigenvalue weighted by Gasteiger charge is -2.10. The average Bonchev–Trinajstić information content (AvgIpc) is 3.07. The largest absolute Gasteiger partial charge is 0.480 e. The first-order valence-corrected chi connectivity index (χ1v) is 9.83. The molecule has 0 amide bonds. The third kappa shape index (κ3) is 4.92. The molecule has 0 unspecified atom stereocenters. The Hall–Kier alpha value is -3.05. The SMILES string of the molecule is COC(=O)COc1c(Br)cc(/C=C2\N=C(c3cccc([N+](=O)[O-])c3)OC2=O)cc1Br. The minimum atomic E-state index is -0.685. The number of nitrogens with zero attached hydrogens (tertiary/aromatic N) is 2. The van der Waals surface area contributed by atoms with Crippen molar-refractivity contribution in [3.05, 3.63) is 72.3 Å². The van der Waals surface area contributed by atoms with Crippen LogP contribution in [0.5, 0.6) is 5.75 Å². The lowest BCUT2D eigenvalue weighted by Crippen LogP contribution is -2.13. The summed E-state index contributed by atoms with van der Waals surface area (Å²) in [6, 6.07) is 8.97. The maximum Gasteiger partial charge on any atom is 0.363 e. The Labute approximate surface area is 186 Å². The van der Waals surface area contributed by atoms with Gasteiger partial charge in [-0.15, -0.1) is 0 Å². The lowest BCUT2D eigenvalue weighted by atomic mass is 10.2. The number of esters is 2. The predicted octanol–water partition coefficient (Wildman–Crippen LogP) is 4.02. The monoisotopic (exact) mass is 538 g/mol. The van der Waals surface area contributed by atoms with Crippen molar-refractivity contribution < 1.29 is 28.7 Å². The van der Waals surface area contributed by atoms with E-state index in [0.717, 1.165) is 0 Å². The molecule has 0 atom stereocenters. The number of aliphatic imine (C=N–C) groups is 1. The smallest absolute Gasteiger partial charge is 0.363 e. The van der Waals surface area contributed by atoms with Crippen molar-refractivity contribution in [3.63, 3.8) is 0 Å². The molecule has 0 fully saturated rings. The molecular weight excluding hydrogens is 528 g/mol. The first-order valence-electron chi connectivity index (χ1n) is 8.24. The lowest BCUT2D eigenvalue weighted by molar-refractivity contribution is -0.384. The molecule has 3 rings (SSSR count). The third-order valence-corrected chi connectivity index (χ3v) is 4.99. The summed E-state index contributed by atoms with van der Waals surface area (Å²) in [5.41, 5.74) is 0.794. The Morgan fingerprint density at radius 3 is 2.60 bits per heavy atom. The molecule has 2 aromatic carbocycles. The second kappa shape index (κ2) is 9.18.